The normalized spacial score (nSPS) is 30.3. The first-order valence-electron chi connectivity index (χ1n) is 7.40. The van der Waals surface area contributed by atoms with Gasteiger partial charge < -0.3 is 5.32 Å². The van der Waals surface area contributed by atoms with E-state index in [2.05, 4.69) is 41.6 Å². The molecular formula is C17H20N2. The van der Waals surface area contributed by atoms with Crippen LogP contribution in [0.4, 0.5) is 0 Å². The maximum absolute atomic E-state index is 4.48. The van der Waals surface area contributed by atoms with Crippen LogP contribution in [-0.4, -0.2) is 12.0 Å². The van der Waals surface area contributed by atoms with Crippen LogP contribution in [-0.2, 0) is 0 Å². The van der Waals surface area contributed by atoms with Gasteiger partial charge in [-0.05, 0) is 55.3 Å². The van der Waals surface area contributed by atoms with E-state index in [0.717, 1.165) is 23.3 Å². The predicted molar refractivity (Wildman–Crippen MR) is 77.9 cm³/mol. The number of nitrogens with zero attached hydrogens (tertiary/aromatic N) is 1. The standard InChI is InChI=1S/C17H20N2/c1-18-17(16-13-5-2-6-14(13)16)12-8-7-11-4-3-9-19-15(11)10-12/h3-4,7-10,13-14,16-18H,2,5-6H2,1H3. The predicted octanol–water partition coefficient (Wildman–Crippen LogP) is 3.54. The van der Waals surface area contributed by atoms with E-state index < -0.39 is 0 Å². The molecule has 2 heteroatoms. The molecule has 0 aliphatic heterocycles. The summed E-state index contributed by atoms with van der Waals surface area (Å²) in [5.41, 5.74) is 2.53. The second kappa shape index (κ2) is 4.31. The number of aromatic nitrogens is 1. The van der Waals surface area contributed by atoms with E-state index in [1.54, 1.807) is 0 Å². The summed E-state index contributed by atoms with van der Waals surface area (Å²) in [5, 5.41) is 4.78. The molecule has 19 heavy (non-hydrogen) atoms. The summed E-state index contributed by atoms with van der Waals surface area (Å²) < 4.78 is 0. The van der Waals surface area contributed by atoms with Crippen LogP contribution in [0.25, 0.3) is 10.9 Å². The van der Waals surface area contributed by atoms with E-state index in [4.69, 9.17) is 0 Å². The van der Waals surface area contributed by atoms with Gasteiger partial charge in [0.1, 0.15) is 0 Å². The third kappa shape index (κ3) is 1.78. The molecule has 0 bridgehead atoms. The highest BCUT2D eigenvalue weighted by Crippen LogP contribution is 2.62. The van der Waals surface area contributed by atoms with Gasteiger partial charge in [-0.3, -0.25) is 4.98 Å². The fourth-order valence-corrected chi connectivity index (χ4v) is 4.23. The molecule has 1 aromatic carbocycles. The Morgan fingerprint density at radius 2 is 2.05 bits per heavy atom. The average Bonchev–Trinajstić information content (AvgIpc) is 2.92. The van der Waals surface area contributed by atoms with Gasteiger partial charge in [0.05, 0.1) is 5.52 Å². The molecule has 0 spiro atoms. The number of rotatable bonds is 3. The Morgan fingerprint density at radius 3 is 2.84 bits per heavy atom. The van der Waals surface area contributed by atoms with Crippen LogP contribution < -0.4 is 5.32 Å². The second-order valence-electron chi connectivity index (χ2n) is 6.06. The molecule has 0 radical (unpaired) electrons. The van der Waals surface area contributed by atoms with Gasteiger partial charge in [0.25, 0.3) is 0 Å². The minimum Gasteiger partial charge on any atom is -0.313 e. The Kier molecular flexibility index (Phi) is 2.59. The minimum absolute atomic E-state index is 0.515. The lowest BCUT2D eigenvalue weighted by Gasteiger charge is -2.19. The van der Waals surface area contributed by atoms with Crippen molar-refractivity contribution in [3.05, 3.63) is 42.1 Å². The molecule has 3 atom stereocenters. The second-order valence-corrected chi connectivity index (χ2v) is 6.06. The highest BCUT2D eigenvalue weighted by Gasteiger charge is 2.55. The highest BCUT2D eigenvalue weighted by molar-refractivity contribution is 5.79. The van der Waals surface area contributed by atoms with E-state index >= 15 is 0 Å². The summed E-state index contributed by atoms with van der Waals surface area (Å²) in [6.07, 6.45) is 6.21. The van der Waals surface area contributed by atoms with Crippen molar-refractivity contribution >= 4 is 10.9 Å². The Morgan fingerprint density at radius 1 is 1.21 bits per heavy atom. The van der Waals surface area contributed by atoms with Crippen LogP contribution in [0.15, 0.2) is 36.5 Å². The van der Waals surface area contributed by atoms with Crippen LogP contribution in [0, 0.1) is 17.8 Å². The van der Waals surface area contributed by atoms with Crippen LogP contribution >= 0.6 is 0 Å². The molecule has 2 fully saturated rings. The first-order chi connectivity index (χ1) is 9.38. The molecule has 1 aromatic heterocycles. The number of benzene rings is 1. The smallest absolute Gasteiger partial charge is 0.0705 e. The van der Waals surface area contributed by atoms with E-state index in [1.165, 1.54) is 30.2 Å². The fraction of sp³-hybridized carbons (Fsp3) is 0.471. The largest absolute Gasteiger partial charge is 0.313 e. The van der Waals surface area contributed by atoms with Crippen molar-refractivity contribution in [1.29, 1.82) is 0 Å². The monoisotopic (exact) mass is 252 g/mol. The molecule has 1 heterocycles. The van der Waals surface area contributed by atoms with E-state index in [1.807, 2.05) is 12.3 Å². The lowest BCUT2D eigenvalue weighted by atomic mass is 9.96. The molecule has 2 aliphatic rings. The zero-order valence-electron chi connectivity index (χ0n) is 11.3. The van der Waals surface area contributed by atoms with Gasteiger partial charge in [-0.15, -0.1) is 0 Å². The maximum Gasteiger partial charge on any atom is 0.0705 e. The molecule has 0 amide bonds. The Labute approximate surface area is 114 Å². The molecule has 2 aromatic rings. The van der Waals surface area contributed by atoms with Crippen molar-refractivity contribution in [2.24, 2.45) is 17.8 Å². The molecule has 1 N–H and O–H groups in total. The molecular weight excluding hydrogens is 232 g/mol. The van der Waals surface area contributed by atoms with Gasteiger partial charge in [0.15, 0.2) is 0 Å². The van der Waals surface area contributed by atoms with Crippen molar-refractivity contribution < 1.29 is 0 Å². The fourth-order valence-electron chi connectivity index (χ4n) is 4.23. The molecule has 0 saturated heterocycles. The minimum atomic E-state index is 0.515. The van der Waals surface area contributed by atoms with Crippen LogP contribution in [0.5, 0.6) is 0 Å². The number of fused-ring (bicyclic) bond motifs is 2. The Balaban J connectivity index is 1.68. The molecule has 2 aliphatic carbocycles. The van der Waals surface area contributed by atoms with Gasteiger partial charge in [-0.25, -0.2) is 0 Å². The first kappa shape index (κ1) is 11.4. The summed E-state index contributed by atoms with van der Waals surface area (Å²) in [7, 11) is 2.10. The number of hydrogen-bond donors (Lipinski definition) is 1. The summed E-state index contributed by atoms with van der Waals surface area (Å²) in [4.78, 5) is 4.48. The quantitative estimate of drug-likeness (QED) is 0.903. The van der Waals surface area contributed by atoms with E-state index in [9.17, 15) is 0 Å². The van der Waals surface area contributed by atoms with Gasteiger partial charge in [-0.1, -0.05) is 24.6 Å². The summed E-state index contributed by atoms with van der Waals surface area (Å²) in [6.45, 7) is 0. The van der Waals surface area contributed by atoms with Gasteiger partial charge in [0, 0.05) is 17.6 Å². The highest BCUT2D eigenvalue weighted by atomic mass is 14.9. The molecule has 98 valence electrons. The summed E-state index contributed by atoms with van der Waals surface area (Å²) in [5.74, 6) is 2.83. The van der Waals surface area contributed by atoms with Gasteiger partial charge in [-0.2, -0.15) is 0 Å². The Bertz CT molecular complexity index is 597. The lowest BCUT2D eigenvalue weighted by molar-refractivity contribution is 0.445. The van der Waals surface area contributed by atoms with E-state index in [-0.39, 0.29) is 0 Å². The molecule has 2 saturated carbocycles. The average molecular weight is 252 g/mol. The molecule has 2 nitrogen and oxygen atoms in total. The van der Waals surface area contributed by atoms with Crippen molar-refractivity contribution in [3.63, 3.8) is 0 Å². The van der Waals surface area contributed by atoms with Gasteiger partial charge >= 0.3 is 0 Å². The number of pyridine rings is 1. The third-order valence-electron chi connectivity index (χ3n) is 5.16. The molecule has 4 rings (SSSR count). The van der Waals surface area contributed by atoms with Crippen molar-refractivity contribution in [1.82, 2.24) is 10.3 Å². The van der Waals surface area contributed by atoms with Gasteiger partial charge in [0.2, 0.25) is 0 Å². The Hall–Kier alpha value is -1.41. The third-order valence-corrected chi connectivity index (χ3v) is 5.16. The first-order valence-corrected chi connectivity index (χ1v) is 7.40. The number of hydrogen-bond acceptors (Lipinski definition) is 2. The topological polar surface area (TPSA) is 24.9 Å². The maximum atomic E-state index is 4.48. The summed E-state index contributed by atoms with van der Waals surface area (Å²) in [6, 6.07) is 11.4. The number of nitrogens with one attached hydrogen (secondary N) is 1. The SMILES string of the molecule is CNC(c1ccc2cccnc2c1)C1C2CCCC21. The zero-order valence-corrected chi connectivity index (χ0v) is 11.3. The molecule has 3 unspecified atom stereocenters. The van der Waals surface area contributed by atoms with Crippen LogP contribution in [0.2, 0.25) is 0 Å². The van der Waals surface area contributed by atoms with Crippen molar-refractivity contribution in [2.75, 3.05) is 7.05 Å². The van der Waals surface area contributed by atoms with Crippen LogP contribution in [0.1, 0.15) is 30.9 Å². The zero-order chi connectivity index (χ0) is 12.8. The van der Waals surface area contributed by atoms with Crippen molar-refractivity contribution in [2.45, 2.75) is 25.3 Å². The van der Waals surface area contributed by atoms with Crippen molar-refractivity contribution in [3.8, 4) is 0 Å². The lowest BCUT2D eigenvalue weighted by Crippen LogP contribution is -2.20. The van der Waals surface area contributed by atoms with Crippen LogP contribution in [0.3, 0.4) is 0 Å². The van der Waals surface area contributed by atoms with E-state index in [0.29, 0.717) is 6.04 Å². The summed E-state index contributed by atoms with van der Waals surface area (Å²) >= 11 is 0.